The highest BCUT2D eigenvalue weighted by Crippen LogP contribution is 2.34. The van der Waals surface area contributed by atoms with Crippen LogP contribution in [0.5, 0.6) is 5.75 Å². The van der Waals surface area contributed by atoms with Crippen molar-refractivity contribution in [2.24, 2.45) is 11.8 Å². The smallest absolute Gasteiger partial charge is 0.165 e. The number of methoxy groups -OCH3 is 1. The van der Waals surface area contributed by atoms with Crippen molar-refractivity contribution < 1.29 is 9.13 Å². The molecule has 1 fully saturated rings. The molecule has 0 unspecified atom stereocenters. The largest absolute Gasteiger partial charge is 0.494 e. The summed E-state index contributed by atoms with van der Waals surface area (Å²) in [5, 5.41) is 0. The minimum absolute atomic E-state index is 0.234. The van der Waals surface area contributed by atoms with Gasteiger partial charge in [-0.3, -0.25) is 0 Å². The Hall–Kier alpha value is -1.05. The second kappa shape index (κ2) is 10.7. The van der Waals surface area contributed by atoms with Gasteiger partial charge in [0.2, 0.25) is 0 Å². The summed E-state index contributed by atoms with van der Waals surface area (Å²) in [6.45, 7) is 2.28. The third kappa shape index (κ3) is 6.45. The molecule has 1 aromatic carbocycles. The average Bonchev–Trinajstić information content (AvgIpc) is 2.61. The van der Waals surface area contributed by atoms with Crippen molar-refractivity contribution in [1.82, 2.24) is 0 Å². The van der Waals surface area contributed by atoms with Crippen molar-refractivity contribution in [2.45, 2.75) is 84.0 Å². The third-order valence-corrected chi connectivity index (χ3v) is 5.74. The molecule has 2 rings (SSSR count). The molecule has 0 bridgehead atoms. The van der Waals surface area contributed by atoms with Crippen molar-refractivity contribution in [3.63, 3.8) is 0 Å². The van der Waals surface area contributed by atoms with E-state index in [0.717, 1.165) is 23.8 Å². The first-order chi connectivity index (χ1) is 11.7. The summed E-state index contributed by atoms with van der Waals surface area (Å²) in [5.74, 6) is 1.92. The van der Waals surface area contributed by atoms with Gasteiger partial charge in [-0.15, -0.1) is 0 Å². The molecule has 1 saturated carbocycles. The topological polar surface area (TPSA) is 9.23 Å². The first kappa shape index (κ1) is 19.3. The predicted molar refractivity (Wildman–Crippen MR) is 100 cm³/mol. The first-order valence-electron chi connectivity index (χ1n) is 10.0. The van der Waals surface area contributed by atoms with Crippen molar-refractivity contribution in [2.75, 3.05) is 7.11 Å². The second-order valence-corrected chi connectivity index (χ2v) is 7.60. The average molecular weight is 335 g/mol. The van der Waals surface area contributed by atoms with Gasteiger partial charge in [-0.1, -0.05) is 77.2 Å². The number of halogens is 1. The number of hydrogen-bond donors (Lipinski definition) is 0. The lowest BCUT2D eigenvalue weighted by molar-refractivity contribution is 0.248. The molecule has 0 atom stereocenters. The zero-order chi connectivity index (χ0) is 17.2. The van der Waals surface area contributed by atoms with Crippen LogP contribution in [0.1, 0.15) is 83.1 Å². The summed E-state index contributed by atoms with van der Waals surface area (Å²) in [7, 11) is 1.51. The van der Waals surface area contributed by atoms with Crippen LogP contribution in [0.3, 0.4) is 0 Å². The molecule has 0 saturated heterocycles. The number of ether oxygens (including phenoxy) is 1. The Morgan fingerprint density at radius 1 is 0.958 bits per heavy atom. The lowest BCUT2D eigenvalue weighted by Crippen LogP contribution is -2.15. The third-order valence-electron chi connectivity index (χ3n) is 5.74. The molecular formula is C22H35FO. The molecule has 1 nitrogen and oxygen atoms in total. The van der Waals surface area contributed by atoms with Gasteiger partial charge >= 0.3 is 0 Å². The molecule has 0 N–H and O–H groups in total. The number of hydrogen-bond acceptors (Lipinski definition) is 1. The maximum atomic E-state index is 13.7. The SMILES string of the molecule is CCCCCCC[C@H]1CC[C@H](CCc2ccc(OC)c(F)c2)CC1. The Labute approximate surface area is 148 Å². The Balaban J connectivity index is 1.62. The maximum Gasteiger partial charge on any atom is 0.165 e. The molecule has 0 aromatic heterocycles. The van der Waals surface area contributed by atoms with Gasteiger partial charge in [0.25, 0.3) is 0 Å². The van der Waals surface area contributed by atoms with Gasteiger partial charge in [0.15, 0.2) is 11.6 Å². The van der Waals surface area contributed by atoms with Crippen LogP contribution in [-0.4, -0.2) is 7.11 Å². The monoisotopic (exact) mass is 334 g/mol. The zero-order valence-corrected chi connectivity index (χ0v) is 15.7. The summed E-state index contributed by atoms with van der Waals surface area (Å²) >= 11 is 0. The van der Waals surface area contributed by atoms with E-state index in [2.05, 4.69) is 6.92 Å². The number of benzene rings is 1. The van der Waals surface area contributed by atoms with Gasteiger partial charge in [-0.2, -0.15) is 0 Å². The Kier molecular flexibility index (Phi) is 8.63. The molecule has 0 spiro atoms. The summed E-state index contributed by atoms with van der Waals surface area (Å²) in [6.07, 6.45) is 16.2. The molecule has 1 aromatic rings. The molecule has 1 aliphatic rings. The van der Waals surface area contributed by atoms with E-state index in [4.69, 9.17) is 4.74 Å². The first-order valence-corrected chi connectivity index (χ1v) is 10.0. The molecular weight excluding hydrogens is 299 g/mol. The van der Waals surface area contributed by atoms with Crippen LogP contribution >= 0.6 is 0 Å². The standard InChI is InChI=1S/C22H35FO/c1-3-4-5-6-7-8-18-9-11-19(12-10-18)13-14-20-15-16-22(24-2)21(23)17-20/h15-19H,3-14H2,1-2H3/t18-,19-. The Bertz CT molecular complexity index is 463. The highest BCUT2D eigenvalue weighted by Gasteiger charge is 2.20. The lowest BCUT2D eigenvalue weighted by atomic mass is 9.77. The quantitative estimate of drug-likeness (QED) is 0.421. The molecule has 2 heteroatoms. The summed E-state index contributed by atoms with van der Waals surface area (Å²) in [5.41, 5.74) is 1.10. The minimum Gasteiger partial charge on any atom is -0.494 e. The molecule has 1 aliphatic carbocycles. The normalized spacial score (nSPS) is 21.0. The fraction of sp³-hybridized carbons (Fsp3) is 0.727. The Morgan fingerprint density at radius 3 is 2.25 bits per heavy atom. The van der Waals surface area contributed by atoms with E-state index in [-0.39, 0.29) is 5.82 Å². The lowest BCUT2D eigenvalue weighted by Gasteiger charge is -2.28. The van der Waals surface area contributed by atoms with Crippen LogP contribution in [0.15, 0.2) is 18.2 Å². The van der Waals surface area contributed by atoms with Crippen LogP contribution in [0, 0.1) is 17.7 Å². The fourth-order valence-electron chi connectivity index (χ4n) is 4.08. The van der Waals surface area contributed by atoms with E-state index in [0.29, 0.717) is 5.75 Å². The number of rotatable bonds is 10. The number of aryl methyl sites for hydroxylation is 1. The van der Waals surface area contributed by atoms with Crippen molar-refractivity contribution in [1.29, 1.82) is 0 Å². The number of unbranched alkanes of at least 4 members (excludes halogenated alkanes) is 4. The summed E-state index contributed by atoms with van der Waals surface area (Å²) in [4.78, 5) is 0. The van der Waals surface area contributed by atoms with Crippen LogP contribution in [0.25, 0.3) is 0 Å². The maximum absolute atomic E-state index is 13.7. The van der Waals surface area contributed by atoms with Gasteiger partial charge < -0.3 is 4.74 Å². The summed E-state index contributed by atoms with van der Waals surface area (Å²) < 4.78 is 18.7. The summed E-state index contributed by atoms with van der Waals surface area (Å²) in [6, 6.07) is 5.39. The van der Waals surface area contributed by atoms with Gasteiger partial charge in [0, 0.05) is 0 Å². The highest BCUT2D eigenvalue weighted by atomic mass is 19.1. The fourth-order valence-corrected chi connectivity index (χ4v) is 4.08. The van der Waals surface area contributed by atoms with Gasteiger partial charge in [-0.25, -0.2) is 4.39 Å². The van der Waals surface area contributed by atoms with Crippen molar-refractivity contribution in [3.05, 3.63) is 29.6 Å². The van der Waals surface area contributed by atoms with E-state index in [1.807, 2.05) is 6.07 Å². The van der Waals surface area contributed by atoms with Crippen molar-refractivity contribution >= 4 is 0 Å². The van der Waals surface area contributed by atoms with E-state index < -0.39 is 0 Å². The van der Waals surface area contributed by atoms with Gasteiger partial charge in [0.1, 0.15) is 0 Å². The van der Waals surface area contributed by atoms with Crippen LogP contribution < -0.4 is 4.74 Å². The predicted octanol–water partition coefficient (Wildman–Crippen LogP) is 6.93. The molecule has 0 aliphatic heterocycles. The van der Waals surface area contributed by atoms with E-state index >= 15 is 0 Å². The minimum atomic E-state index is -0.234. The zero-order valence-electron chi connectivity index (χ0n) is 15.7. The van der Waals surface area contributed by atoms with E-state index in [1.165, 1.54) is 77.7 Å². The van der Waals surface area contributed by atoms with E-state index in [9.17, 15) is 4.39 Å². The molecule has 0 radical (unpaired) electrons. The van der Waals surface area contributed by atoms with Crippen molar-refractivity contribution in [3.8, 4) is 5.75 Å². The van der Waals surface area contributed by atoms with Crippen LogP contribution in [0.4, 0.5) is 4.39 Å². The Morgan fingerprint density at radius 2 is 1.62 bits per heavy atom. The van der Waals surface area contributed by atoms with E-state index in [1.54, 1.807) is 12.1 Å². The van der Waals surface area contributed by atoms with Crippen LogP contribution in [0.2, 0.25) is 0 Å². The van der Waals surface area contributed by atoms with Gasteiger partial charge in [0.05, 0.1) is 7.11 Å². The molecule has 0 heterocycles. The molecule has 24 heavy (non-hydrogen) atoms. The molecule has 136 valence electrons. The van der Waals surface area contributed by atoms with Crippen LogP contribution in [-0.2, 0) is 6.42 Å². The van der Waals surface area contributed by atoms with Gasteiger partial charge in [-0.05, 0) is 42.4 Å². The highest BCUT2D eigenvalue weighted by molar-refractivity contribution is 5.29. The molecule has 0 amide bonds. The second-order valence-electron chi connectivity index (χ2n) is 7.60.